The highest BCUT2D eigenvalue weighted by Crippen LogP contribution is 2.34. The summed E-state index contributed by atoms with van der Waals surface area (Å²) in [7, 11) is 0. The number of ether oxygens (including phenoxy) is 1. The van der Waals surface area contributed by atoms with Crippen LogP contribution in [0.5, 0.6) is 0 Å². The van der Waals surface area contributed by atoms with E-state index in [-0.39, 0.29) is 11.4 Å². The van der Waals surface area contributed by atoms with Crippen LogP contribution in [0, 0.1) is 11.8 Å². The number of carbonyl (C=O) groups excluding carboxylic acids is 1. The van der Waals surface area contributed by atoms with Crippen molar-refractivity contribution < 1.29 is 9.53 Å². The Kier molecular flexibility index (Phi) is 7.37. The monoisotopic (exact) mass is 292 g/mol. The zero-order valence-electron chi connectivity index (χ0n) is 14.4. The number of hydrogen-bond acceptors (Lipinski definition) is 2. The van der Waals surface area contributed by atoms with Gasteiger partial charge in [0.25, 0.3) is 0 Å². The van der Waals surface area contributed by atoms with Crippen LogP contribution in [0.25, 0.3) is 0 Å². The van der Waals surface area contributed by atoms with E-state index in [0.717, 1.165) is 44.3 Å². The van der Waals surface area contributed by atoms with Crippen molar-refractivity contribution in [3.05, 3.63) is 23.8 Å². The number of allylic oxidation sites excluding steroid dienone is 2. The molecule has 2 heteroatoms. The lowest BCUT2D eigenvalue weighted by Crippen LogP contribution is -2.36. The maximum atomic E-state index is 11.6. The van der Waals surface area contributed by atoms with Crippen LogP contribution >= 0.6 is 0 Å². The van der Waals surface area contributed by atoms with Gasteiger partial charge < -0.3 is 4.74 Å². The molecule has 2 unspecified atom stereocenters. The highest BCUT2D eigenvalue weighted by Gasteiger charge is 2.34. The second-order valence-electron chi connectivity index (χ2n) is 6.61. The molecule has 0 N–H and O–H groups in total. The number of hydrogen-bond donors (Lipinski definition) is 0. The van der Waals surface area contributed by atoms with Gasteiger partial charge in [-0.3, -0.25) is 4.79 Å². The molecule has 0 fully saturated rings. The van der Waals surface area contributed by atoms with E-state index in [1.807, 2.05) is 6.08 Å². The van der Waals surface area contributed by atoms with Gasteiger partial charge in [0.2, 0.25) is 0 Å². The van der Waals surface area contributed by atoms with E-state index in [9.17, 15) is 4.79 Å². The summed E-state index contributed by atoms with van der Waals surface area (Å²) in [6.07, 6.45) is 10.7. The quantitative estimate of drug-likeness (QED) is 0.591. The Morgan fingerprint density at radius 3 is 2.52 bits per heavy atom. The lowest BCUT2D eigenvalue weighted by molar-refractivity contribution is -0.111. The van der Waals surface area contributed by atoms with E-state index in [4.69, 9.17) is 4.74 Å². The highest BCUT2D eigenvalue weighted by molar-refractivity contribution is 6.01. The van der Waals surface area contributed by atoms with E-state index in [2.05, 4.69) is 34.6 Å². The number of carbonyl (C=O) groups is 1. The van der Waals surface area contributed by atoms with Gasteiger partial charge in [0.05, 0.1) is 0 Å². The standard InChI is InChI=1S/C19H32O2/c1-6-8-11-19(21-13-10-16(5)15(3)4)12-9-18(20)14-17(19)7-2/h9,12,14-16H,6-8,10-11,13H2,1-5H3. The summed E-state index contributed by atoms with van der Waals surface area (Å²) < 4.78 is 6.34. The van der Waals surface area contributed by atoms with Crippen LogP contribution in [-0.4, -0.2) is 18.0 Å². The minimum atomic E-state index is -0.338. The average Bonchev–Trinajstić information content (AvgIpc) is 2.46. The first-order valence-electron chi connectivity index (χ1n) is 8.53. The largest absolute Gasteiger partial charge is 0.366 e. The van der Waals surface area contributed by atoms with E-state index in [1.165, 1.54) is 0 Å². The Balaban J connectivity index is 2.77. The zero-order chi connectivity index (χ0) is 15.9. The summed E-state index contributed by atoms with van der Waals surface area (Å²) in [6.45, 7) is 11.9. The lowest BCUT2D eigenvalue weighted by atomic mass is 9.82. The van der Waals surface area contributed by atoms with Crippen molar-refractivity contribution >= 4 is 5.78 Å². The third-order valence-electron chi connectivity index (χ3n) is 4.73. The number of unbranched alkanes of at least 4 members (excludes halogenated alkanes) is 1. The Morgan fingerprint density at radius 2 is 1.95 bits per heavy atom. The summed E-state index contributed by atoms with van der Waals surface area (Å²) in [4.78, 5) is 11.6. The summed E-state index contributed by atoms with van der Waals surface area (Å²) in [6, 6.07) is 0. The van der Waals surface area contributed by atoms with Crippen molar-refractivity contribution in [2.24, 2.45) is 11.8 Å². The molecule has 0 aromatic rings. The molecular formula is C19H32O2. The summed E-state index contributed by atoms with van der Waals surface area (Å²) in [5, 5.41) is 0. The van der Waals surface area contributed by atoms with Crippen molar-refractivity contribution in [3.63, 3.8) is 0 Å². The summed E-state index contributed by atoms with van der Waals surface area (Å²) in [5.41, 5.74) is 0.802. The predicted molar refractivity (Wildman–Crippen MR) is 89.3 cm³/mol. The second kappa shape index (κ2) is 8.53. The Hall–Kier alpha value is -0.890. The topological polar surface area (TPSA) is 26.3 Å². The molecule has 0 heterocycles. The molecule has 0 aromatic heterocycles. The van der Waals surface area contributed by atoms with Gasteiger partial charge in [0.1, 0.15) is 5.60 Å². The molecule has 0 bridgehead atoms. The summed E-state index contributed by atoms with van der Waals surface area (Å²) in [5.74, 6) is 1.44. The molecule has 120 valence electrons. The molecule has 0 saturated heterocycles. The SMILES string of the molecule is CCCCC1(OCCC(C)C(C)C)C=CC(=O)C=C1CC. The average molecular weight is 292 g/mol. The van der Waals surface area contributed by atoms with Gasteiger partial charge in [0.15, 0.2) is 5.78 Å². The third-order valence-corrected chi connectivity index (χ3v) is 4.73. The molecule has 1 rings (SSSR count). The van der Waals surface area contributed by atoms with Gasteiger partial charge in [-0.25, -0.2) is 0 Å². The first-order chi connectivity index (χ1) is 9.95. The number of rotatable bonds is 9. The van der Waals surface area contributed by atoms with Crippen molar-refractivity contribution in [2.45, 2.75) is 72.3 Å². The van der Waals surface area contributed by atoms with E-state index in [0.29, 0.717) is 11.8 Å². The maximum absolute atomic E-state index is 11.6. The van der Waals surface area contributed by atoms with Crippen molar-refractivity contribution in [1.82, 2.24) is 0 Å². The zero-order valence-corrected chi connectivity index (χ0v) is 14.4. The van der Waals surface area contributed by atoms with Crippen LogP contribution in [0.15, 0.2) is 23.8 Å². The van der Waals surface area contributed by atoms with Gasteiger partial charge in [-0.1, -0.05) is 47.5 Å². The normalized spacial score (nSPS) is 23.5. The molecule has 2 nitrogen and oxygen atoms in total. The molecule has 21 heavy (non-hydrogen) atoms. The highest BCUT2D eigenvalue weighted by atomic mass is 16.5. The van der Waals surface area contributed by atoms with Crippen LogP contribution in [0.2, 0.25) is 0 Å². The first-order valence-corrected chi connectivity index (χ1v) is 8.53. The lowest BCUT2D eigenvalue weighted by Gasteiger charge is -2.35. The molecular weight excluding hydrogens is 260 g/mol. The number of ketones is 1. The van der Waals surface area contributed by atoms with Crippen LogP contribution in [0.4, 0.5) is 0 Å². The molecule has 0 spiro atoms. The molecule has 0 amide bonds. The smallest absolute Gasteiger partial charge is 0.178 e. The molecule has 0 aliphatic heterocycles. The fourth-order valence-electron chi connectivity index (χ4n) is 2.72. The van der Waals surface area contributed by atoms with E-state index >= 15 is 0 Å². The Labute approximate surface area is 130 Å². The maximum Gasteiger partial charge on any atom is 0.178 e. The minimum absolute atomic E-state index is 0.0955. The van der Waals surface area contributed by atoms with Gasteiger partial charge >= 0.3 is 0 Å². The fraction of sp³-hybridized carbons (Fsp3) is 0.737. The van der Waals surface area contributed by atoms with Crippen LogP contribution in [-0.2, 0) is 9.53 Å². The van der Waals surface area contributed by atoms with Crippen molar-refractivity contribution in [1.29, 1.82) is 0 Å². The van der Waals surface area contributed by atoms with E-state index in [1.54, 1.807) is 12.2 Å². The second-order valence-corrected chi connectivity index (χ2v) is 6.61. The molecule has 2 atom stereocenters. The predicted octanol–water partition coefficient (Wildman–Crippen LogP) is 5.09. The first kappa shape index (κ1) is 18.2. The van der Waals surface area contributed by atoms with Crippen molar-refractivity contribution in [2.75, 3.05) is 6.61 Å². The molecule has 1 aliphatic rings. The fourth-order valence-corrected chi connectivity index (χ4v) is 2.72. The van der Waals surface area contributed by atoms with Gasteiger partial charge in [-0.05, 0) is 54.9 Å². The minimum Gasteiger partial charge on any atom is -0.366 e. The molecule has 0 aromatic carbocycles. The van der Waals surface area contributed by atoms with Gasteiger partial charge in [0, 0.05) is 6.61 Å². The van der Waals surface area contributed by atoms with Crippen LogP contribution < -0.4 is 0 Å². The molecule has 0 saturated carbocycles. The molecule has 1 aliphatic carbocycles. The Morgan fingerprint density at radius 1 is 1.24 bits per heavy atom. The Bertz CT molecular complexity index is 392. The van der Waals surface area contributed by atoms with Gasteiger partial charge in [-0.2, -0.15) is 0 Å². The summed E-state index contributed by atoms with van der Waals surface area (Å²) >= 11 is 0. The van der Waals surface area contributed by atoms with E-state index < -0.39 is 0 Å². The van der Waals surface area contributed by atoms with Crippen molar-refractivity contribution in [3.8, 4) is 0 Å². The molecule has 0 radical (unpaired) electrons. The van der Waals surface area contributed by atoms with Gasteiger partial charge in [-0.15, -0.1) is 0 Å². The third kappa shape index (κ3) is 5.10. The van der Waals surface area contributed by atoms with Crippen LogP contribution in [0.3, 0.4) is 0 Å². The van der Waals surface area contributed by atoms with Crippen LogP contribution in [0.1, 0.15) is 66.7 Å².